The molecule has 2 rings (SSSR count). The van der Waals surface area contributed by atoms with Gasteiger partial charge in [0.2, 0.25) is 0 Å². The van der Waals surface area contributed by atoms with E-state index in [0.29, 0.717) is 24.0 Å². The Balaban J connectivity index is 1.99. The highest BCUT2D eigenvalue weighted by atomic mass is 35.5. The van der Waals surface area contributed by atoms with Crippen molar-refractivity contribution in [3.8, 4) is 5.75 Å². The number of para-hydroxylation sites is 1. The molecule has 4 heteroatoms. The lowest BCUT2D eigenvalue weighted by atomic mass is 10.0. The van der Waals surface area contributed by atoms with E-state index >= 15 is 0 Å². The Morgan fingerprint density at radius 3 is 2.69 bits per heavy atom. The monoisotopic (exact) mass is 240 g/mol. The van der Waals surface area contributed by atoms with Gasteiger partial charge in [0.15, 0.2) is 0 Å². The van der Waals surface area contributed by atoms with Gasteiger partial charge in [0.05, 0.1) is 10.9 Å². The zero-order chi connectivity index (χ0) is 11.4. The van der Waals surface area contributed by atoms with Crippen LogP contribution in [0, 0.1) is 5.92 Å². The Kier molecular flexibility index (Phi) is 3.80. The van der Waals surface area contributed by atoms with Crippen molar-refractivity contribution in [3.63, 3.8) is 0 Å². The number of esters is 1. The van der Waals surface area contributed by atoms with Crippen molar-refractivity contribution in [2.75, 3.05) is 13.2 Å². The van der Waals surface area contributed by atoms with E-state index in [1.807, 2.05) is 0 Å². The van der Waals surface area contributed by atoms with Crippen molar-refractivity contribution in [1.82, 2.24) is 0 Å². The SMILES string of the molecule is O=C(Oc1ccccc1Cl)C1CCOCC1. The van der Waals surface area contributed by atoms with E-state index < -0.39 is 0 Å². The lowest BCUT2D eigenvalue weighted by molar-refractivity contribution is -0.141. The molecule has 3 nitrogen and oxygen atoms in total. The molecule has 1 aliphatic heterocycles. The molecule has 0 aromatic heterocycles. The summed E-state index contributed by atoms with van der Waals surface area (Å²) in [6.07, 6.45) is 1.45. The fourth-order valence-electron chi connectivity index (χ4n) is 1.65. The molecule has 0 unspecified atom stereocenters. The van der Waals surface area contributed by atoms with Crippen LogP contribution in [0.5, 0.6) is 5.75 Å². The van der Waals surface area contributed by atoms with Gasteiger partial charge in [0, 0.05) is 13.2 Å². The molecule has 0 atom stereocenters. The summed E-state index contributed by atoms with van der Waals surface area (Å²) in [5.74, 6) is 0.155. The van der Waals surface area contributed by atoms with E-state index in [9.17, 15) is 4.79 Å². The van der Waals surface area contributed by atoms with Gasteiger partial charge in [-0.2, -0.15) is 0 Å². The van der Waals surface area contributed by atoms with Crippen LogP contribution in [0.15, 0.2) is 24.3 Å². The average Bonchev–Trinajstić information content (AvgIpc) is 2.33. The van der Waals surface area contributed by atoms with Crippen LogP contribution in [0.25, 0.3) is 0 Å². The Morgan fingerprint density at radius 2 is 2.00 bits per heavy atom. The van der Waals surface area contributed by atoms with Crippen molar-refractivity contribution < 1.29 is 14.3 Å². The quantitative estimate of drug-likeness (QED) is 0.589. The van der Waals surface area contributed by atoms with Gasteiger partial charge >= 0.3 is 5.97 Å². The molecule has 0 bridgehead atoms. The Labute approximate surface area is 99.3 Å². The van der Waals surface area contributed by atoms with E-state index in [1.54, 1.807) is 24.3 Å². The predicted molar refractivity (Wildman–Crippen MR) is 60.6 cm³/mol. The molecule has 16 heavy (non-hydrogen) atoms. The Hall–Kier alpha value is -1.06. The zero-order valence-corrected chi connectivity index (χ0v) is 9.57. The summed E-state index contributed by atoms with van der Waals surface area (Å²) < 4.78 is 10.4. The molecular weight excluding hydrogens is 228 g/mol. The number of hydrogen-bond donors (Lipinski definition) is 0. The summed E-state index contributed by atoms with van der Waals surface area (Å²) in [6.45, 7) is 1.25. The van der Waals surface area contributed by atoms with Crippen LogP contribution < -0.4 is 4.74 Å². The highest BCUT2D eigenvalue weighted by Gasteiger charge is 2.23. The fourth-order valence-corrected chi connectivity index (χ4v) is 1.83. The number of ether oxygens (including phenoxy) is 2. The third kappa shape index (κ3) is 2.74. The second kappa shape index (κ2) is 5.32. The molecule has 1 aliphatic rings. The van der Waals surface area contributed by atoms with Crippen LogP contribution in [-0.4, -0.2) is 19.2 Å². The van der Waals surface area contributed by atoms with Gasteiger partial charge in [-0.15, -0.1) is 0 Å². The average molecular weight is 241 g/mol. The third-order valence-corrected chi connectivity index (χ3v) is 2.91. The van der Waals surface area contributed by atoms with E-state index in [4.69, 9.17) is 21.1 Å². The van der Waals surface area contributed by atoms with Crippen molar-refractivity contribution >= 4 is 17.6 Å². The van der Waals surface area contributed by atoms with Crippen molar-refractivity contribution in [3.05, 3.63) is 29.3 Å². The first-order valence-corrected chi connectivity index (χ1v) is 5.69. The van der Waals surface area contributed by atoms with E-state index in [2.05, 4.69) is 0 Å². The van der Waals surface area contributed by atoms with Gasteiger partial charge in [0.25, 0.3) is 0 Å². The zero-order valence-electron chi connectivity index (χ0n) is 8.82. The summed E-state index contributed by atoms with van der Waals surface area (Å²) in [5, 5.41) is 0.461. The molecule has 0 spiro atoms. The summed E-state index contributed by atoms with van der Waals surface area (Å²) in [5.41, 5.74) is 0. The van der Waals surface area contributed by atoms with Gasteiger partial charge in [0.1, 0.15) is 5.75 Å². The normalized spacial score (nSPS) is 17.1. The molecule has 0 amide bonds. The molecule has 0 N–H and O–H groups in total. The first-order valence-electron chi connectivity index (χ1n) is 5.31. The molecule has 0 saturated carbocycles. The molecule has 1 fully saturated rings. The molecule has 1 aromatic carbocycles. The lowest BCUT2D eigenvalue weighted by Gasteiger charge is -2.20. The van der Waals surface area contributed by atoms with Crippen LogP contribution in [0.3, 0.4) is 0 Å². The molecule has 86 valence electrons. The Bertz CT molecular complexity index is 372. The van der Waals surface area contributed by atoms with Gasteiger partial charge < -0.3 is 9.47 Å². The minimum absolute atomic E-state index is 0.0648. The minimum Gasteiger partial charge on any atom is -0.425 e. The smallest absolute Gasteiger partial charge is 0.314 e. The minimum atomic E-state index is -0.212. The van der Waals surface area contributed by atoms with Crippen molar-refractivity contribution in [2.24, 2.45) is 5.92 Å². The van der Waals surface area contributed by atoms with Crippen LogP contribution in [0.2, 0.25) is 5.02 Å². The molecule has 0 aliphatic carbocycles. The molecule has 0 radical (unpaired) electrons. The van der Waals surface area contributed by atoms with Gasteiger partial charge in [-0.25, -0.2) is 0 Å². The molecule has 1 aromatic rings. The van der Waals surface area contributed by atoms with E-state index in [-0.39, 0.29) is 11.9 Å². The van der Waals surface area contributed by atoms with Crippen LogP contribution in [-0.2, 0) is 9.53 Å². The highest BCUT2D eigenvalue weighted by molar-refractivity contribution is 6.32. The molecule has 1 saturated heterocycles. The van der Waals surface area contributed by atoms with Crippen LogP contribution in [0.4, 0.5) is 0 Å². The van der Waals surface area contributed by atoms with Crippen molar-refractivity contribution in [2.45, 2.75) is 12.8 Å². The number of rotatable bonds is 2. The van der Waals surface area contributed by atoms with Crippen LogP contribution >= 0.6 is 11.6 Å². The first kappa shape index (κ1) is 11.4. The first-order chi connectivity index (χ1) is 7.77. The van der Waals surface area contributed by atoms with E-state index in [1.165, 1.54) is 0 Å². The number of carbonyl (C=O) groups is 1. The van der Waals surface area contributed by atoms with Crippen LogP contribution in [0.1, 0.15) is 12.8 Å². The van der Waals surface area contributed by atoms with Gasteiger partial charge in [-0.3, -0.25) is 4.79 Å². The fraction of sp³-hybridized carbons (Fsp3) is 0.417. The number of carbonyl (C=O) groups excluding carboxylic acids is 1. The summed E-state index contributed by atoms with van der Waals surface area (Å²) in [4.78, 5) is 11.8. The van der Waals surface area contributed by atoms with Gasteiger partial charge in [-0.05, 0) is 25.0 Å². The number of benzene rings is 1. The number of hydrogen-bond acceptors (Lipinski definition) is 3. The Morgan fingerprint density at radius 1 is 1.31 bits per heavy atom. The maximum Gasteiger partial charge on any atom is 0.314 e. The summed E-state index contributed by atoms with van der Waals surface area (Å²) in [7, 11) is 0. The van der Waals surface area contributed by atoms with E-state index in [0.717, 1.165) is 12.8 Å². The summed E-state index contributed by atoms with van der Waals surface area (Å²) >= 11 is 5.91. The van der Waals surface area contributed by atoms with Gasteiger partial charge in [-0.1, -0.05) is 23.7 Å². The maximum atomic E-state index is 11.8. The predicted octanol–water partition coefficient (Wildman–Crippen LogP) is 2.67. The summed E-state index contributed by atoms with van der Waals surface area (Å²) in [6, 6.07) is 6.99. The number of halogens is 1. The largest absolute Gasteiger partial charge is 0.425 e. The maximum absolute atomic E-state index is 11.8. The molecular formula is C12H13ClO3. The second-order valence-corrected chi connectivity index (χ2v) is 4.15. The molecule has 1 heterocycles. The lowest BCUT2D eigenvalue weighted by Crippen LogP contribution is -2.27. The third-order valence-electron chi connectivity index (χ3n) is 2.60. The van der Waals surface area contributed by atoms with Crippen molar-refractivity contribution in [1.29, 1.82) is 0 Å². The second-order valence-electron chi connectivity index (χ2n) is 3.74. The standard InChI is InChI=1S/C12H13ClO3/c13-10-3-1-2-4-11(10)16-12(14)9-5-7-15-8-6-9/h1-4,9H,5-8H2. The topological polar surface area (TPSA) is 35.5 Å². The highest BCUT2D eigenvalue weighted by Crippen LogP contribution is 2.25.